The zero-order valence-electron chi connectivity index (χ0n) is 16.6. The summed E-state index contributed by atoms with van der Waals surface area (Å²) >= 11 is 0. The standard InChI is InChI=1S/C20H22N6O4/c1-3-26-12-15(22-19(28)16-14(20(29)30)11-25(2)23-16)17(24-26)18(27)21-10-9-13-7-5-4-6-8-13/h4-8,11-12H,3,9-10H2,1-2H3,(H,21,27)(H,22,28)(H,29,30). The fraction of sp³-hybridized carbons (Fsp3) is 0.250. The van der Waals surface area contributed by atoms with Crippen LogP contribution in [-0.2, 0) is 20.0 Å². The van der Waals surface area contributed by atoms with Crippen LogP contribution >= 0.6 is 0 Å². The second kappa shape index (κ2) is 9.03. The summed E-state index contributed by atoms with van der Waals surface area (Å²) in [4.78, 5) is 36.6. The van der Waals surface area contributed by atoms with Gasteiger partial charge in [-0.1, -0.05) is 30.3 Å². The van der Waals surface area contributed by atoms with Crippen molar-refractivity contribution in [3.8, 4) is 0 Å². The van der Waals surface area contributed by atoms with Gasteiger partial charge in [0.05, 0.1) is 5.69 Å². The number of nitrogens with zero attached hydrogens (tertiary/aromatic N) is 4. The van der Waals surface area contributed by atoms with E-state index in [1.807, 2.05) is 37.3 Å². The number of hydrogen-bond acceptors (Lipinski definition) is 5. The van der Waals surface area contributed by atoms with Gasteiger partial charge in [0.1, 0.15) is 5.56 Å². The number of carboxylic acid groups (broad SMARTS) is 1. The average molecular weight is 410 g/mol. The maximum absolute atomic E-state index is 12.6. The van der Waals surface area contributed by atoms with Crippen LogP contribution in [0.25, 0.3) is 0 Å². The van der Waals surface area contributed by atoms with Crippen LogP contribution in [0.5, 0.6) is 0 Å². The number of carbonyl (C=O) groups excluding carboxylic acids is 2. The topological polar surface area (TPSA) is 131 Å². The summed E-state index contributed by atoms with van der Waals surface area (Å²) in [6.45, 7) is 2.74. The van der Waals surface area contributed by atoms with E-state index in [2.05, 4.69) is 20.8 Å². The van der Waals surface area contributed by atoms with Crippen molar-refractivity contribution in [1.82, 2.24) is 24.9 Å². The van der Waals surface area contributed by atoms with E-state index in [0.717, 1.165) is 5.56 Å². The number of anilines is 1. The summed E-state index contributed by atoms with van der Waals surface area (Å²) in [5.41, 5.74) is 0.838. The molecule has 3 rings (SSSR count). The minimum Gasteiger partial charge on any atom is -0.478 e. The molecule has 30 heavy (non-hydrogen) atoms. The number of aryl methyl sites for hydroxylation is 2. The number of amides is 2. The molecule has 0 unspecified atom stereocenters. The minimum atomic E-state index is -1.27. The smallest absolute Gasteiger partial charge is 0.339 e. The lowest BCUT2D eigenvalue weighted by Gasteiger charge is -2.06. The van der Waals surface area contributed by atoms with Gasteiger partial charge in [-0.05, 0) is 18.9 Å². The molecule has 0 bridgehead atoms. The molecule has 0 atom stereocenters. The van der Waals surface area contributed by atoms with Crippen molar-refractivity contribution < 1.29 is 19.5 Å². The Kier molecular flexibility index (Phi) is 6.26. The highest BCUT2D eigenvalue weighted by molar-refractivity contribution is 6.11. The molecule has 0 aliphatic heterocycles. The Bertz CT molecular complexity index is 1070. The first-order valence-electron chi connectivity index (χ1n) is 9.37. The molecule has 0 saturated heterocycles. The largest absolute Gasteiger partial charge is 0.478 e. The third-order valence-electron chi connectivity index (χ3n) is 4.37. The van der Waals surface area contributed by atoms with E-state index >= 15 is 0 Å². The van der Waals surface area contributed by atoms with E-state index in [1.165, 1.54) is 28.8 Å². The van der Waals surface area contributed by atoms with Crippen molar-refractivity contribution in [3.05, 3.63) is 65.2 Å². The van der Waals surface area contributed by atoms with Crippen molar-refractivity contribution in [1.29, 1.82) is 0 Å². The van der Waals surface area contributed by atoms with E-state index in [0.29, 0.717) is 19.5 Å². The van der Waals surface area contributed by atoms with Crippen LogP contribution in [0.1, 0.15) is 43.8 Å². The van der Waals surface area contributed by atoms with E-state index in [-0.39, 0.29) is 22.6 Å². The van der Waals surface area contributed by atoms with E-state index in [9.17, 15) is 19.5 Å². The van der Waals surface area contributed by atoms with Gasteiger partial charge >= 0.3 is 5.97 Å². The number of nitrogens with one attached hydrogen (secondary N) is 2. The normalized spacial score (nSPS) is 10.6. The zero-order chi connectivity index (χ0) is 21.7. The zero-order valence-corrected chi connectivity index (χ0v) is 16.6. The Morgan fingerprint density at radius 2 is 1.77 bits per heavy atom. The van der Waals surface area contributed by atoms with Crippen molar-refractivity contribution in [2.75, 3.05) is 11.9 Å². The summed E-state index contributed by atoms with van der Waals surface area (Å²) in [6, 6.07) is 9.71. The monoisotopic (exact) mass is 410 g/mol. The van der Waals surface area contributed by atoms with Crippen molar-refractivity contribution >= 4 is 23.5 Å². The second-order valence-corrected chi connectivity index (χ2v) is 6.56. The van der Waals surface area contributed by atoms with Gasteiger partial charge in [0, 0.05) is 32.5 Å². The Morgan fingerprint density at radius 3 is 2.43 bits per heavy atom. The van der Waals surface area contributed by atoms with Crippen LogP contribution in [0.15, 0.2) is 42.7 Å². The van der Waals surface area contributed by atoms with Gasteiger partial charge in [0.15, 0.2) is 11.4 Å². The van der Waals surface area contributed by atoms with Gasteiger partial charge in [0.2, 0.25) is 0 Å². The number of rotatable bonds is 8. The molecular formula is C20H22N6O4. The molecule has 0 radical (unpaired) electrons. The highest BCUT2D eigenvalue weighted by Crippen LogP contribution is 2.17. The lowest BCUT2D eigenvalue weighted by Crippen LogP contribution is -2.27. The van der Waals surface area contributed by atoms with Crippen LogP contribution in [0.3, 0.4) is 0 Å². The van der Waals surface area contributed by atoms with E-state index < -0.39 is 17.8 Å². The number of benzene rings is 1. The molecule has 3 aromatic rings. The molecule has 1 aromatic carbocycles. The Morgan fingerprint density at radius 1 is 1.03 bits per heavy atom. The lowest BCUT2D eigenvalue weighted by atomic mass is 10.1. The first-order valence-corrected chi connectivity index (χ1v) is 9.37. The third kappa shape index (κ3) is 4.72. The molecule has 156 valence electrons. The Hall–Kier alpha value is -3.95. The first kappa shape index (κ1) is 20.8. The molecular weight excluding hydrogens is 388 g/mol. The highest BCUT2D eigenvalue weighted by Gasteiger charge is 2.24. The molecule has 2 heterocycles. The Balaban J connectivity index is 1.74. The average Bonchev–Trinajstić information content (AvgIpc) is 3.32. The van der Waals surface area contributed by atoms with Crippen LogP contribution in [-0.4, -0.2) is 49.0 Å². The third-order valence-corrected chi connectivity index (χ3v) is 4.37. The first-order chi connectivity index (χ1) is 14.4. The molecule has 0 aliphatic carbocycles. The minimum absolute atomic E-state index is 0.0473. The number of aromatic nitrogens is 4. The fourth-order valence-corrected chi connectivity index (χ4v) is 2.89. The highest BCUT2D eigenvalue weighted by atomic mass is 16.4. The quantitative estimate of drug-likeness (QED) is 0.516. The predicted molar refractivity (Wildman–Crippen MR) is 109 cm³/mol. The van der Waals surface area contributed by atoms with Crippen LogP contribution in [0.2, 0.25) is 0 Å². The molecule has 2 amide bonds. The summed E-state index contributed by atoms with van der Waals surface area (Å²) in [6.07, 6.45) is 3.41. The summed E-state index contributed by atoms with van der Waals surface area (Å²) in [7, 11) is 1.52. The summed E-state index contributed by atoms with van der Waals surface area (Å²) in [5, 5.41) is 22.7. The van der Waals surface area contributed by atoms with Crippen LogP contribution in [0.4, 0.5) is 5.69 Å². The maximum atomic E-state index is 12.6. The van der Waals surface area contributed by atoms with Gasteiger partial charge in [0.25, 0.3) is 11.8 Å². The fourth-order valence-electron chi connectivity index (χ4n) is 2.89. The number of hydrogen-bond donors (Lipinski definition) is 3. The summed E-state index contributed by atoms with van der Waals surface area (Å²) < 4.78 is 2.75. The van der Waals surface area contributed by atoms with Crippen molar-refractivity contribution in [2.24, 2.45) is 7.05 Å². The van der Waals surface area contributed by atoms with Crippen LogP contribution in [0, 0.1) is 0 Å². The number of carbonyl (C=O) groups is 3. The predicted octanol–water partition coefficient (Wildman–Crippen LogP) is 1.56. The van der Waals surface area contributed by atoms with Crippen molar-refractivity contribution in [3.63, 3.8) is 0 Å². The van der Waals surface area contributed by atoms with Gasteiger partial charge in [-0.3, -0.25) is 19.0 Å². The van der Waals surface area contributed by atoms with Gasteiger partial charge < -0.3 is 15.7 Å². The van der Waals surface area contributed by atoms with Crippen LogP contribution < -0.4 is 10.6 Å². The Labute approximate surface area is 172 Å². The van der Waals surface area contributed by atoms with E-state index in [4.69, 9.17) is 0 Å². The summed E-state index contributed by atoms with van der Waals surface area (Å²) in [5.74, 6) is -2.44. The second-order valence-electron chi connectivity index (χ2n) is 6.56. The van der Waals surface area contributed by atoms with Gasteiger partial charge in [-0.2, -0.15) is 10.2 Å². The molecule has 10 nitrogen and oxygen atoms in total. The van der Waals surface area contributed by atoms with Gasteiger partial charge in [-0.25, -0.2) is 4.79 Å². The molecule has 10 heteroatoms. The van der Waals surface area contributed by atoms with Gasteiger partial charge in [-0.15, -0.1) is 0 Å². The molecule has 0 saturated carbocycles. The molecule has 2 aromatic heterocycles. The molecule has 3 N–H and O–H groups in total. The molecule has 0 spiro atoms. The van der Waals surface area contributed by atoms with E-state index in [1.54, 1.807) is 0 Å². The SMILES string of the molecule is CCn1cc(NC(=O)c2nn(C)cc2C(=O)O)c(C(=O)NCCc2ccccc2)n1. The number of carboxylic acids is 1. The number of aromatic carboxylic acids is 1. The molecule has 0 aliphatic rings. The maximum Gasteiger partial charge on any atom is 0.339 e. The molecule has 0 fully saturated rings. The van der Waals surface area contributed by atoms with Crippen molar-refractivity contribution in [2.45, 2.75) is 19.9 Å². The lowest BCUT2D eigenvalue weighted by molar-refractivity contribution is 0.0692.